The van der Waals surface area contributed by atoms with Gasteiger partial charge in [-0.05, 0) is 13.3 Å². The maximum atomic E-state index is 12.0. The number of alkyl halides is 3. The van der Waals surface area contributed by atoms with Crippen LogP contribution in [0.25, 0.3) is 0 Å². The Morgan fingerprint density at radius 2 is 2.20 bits per heavy atom. The molecule has 0 aliphatic carbocycles. The van der Waals surface area contributed by atoms with Crippen molar-refractivity contribution in [2.45, 2.75) is 37.5 Å². The van der Waals surface area contributed by atoms with Crippen LogP contribution in [0.4, 0.5) is 13.2 Å². The summed E-state index contributed by atoms with van der Waals surface area (Å²) in [6.45, 7) is 2.88. The van der Waals surface area contributed by atoms with Crippen LogP contribution in [0.2, 0.25) is 0 Å². The molecule has 90 valence electrons. The molecule has 0 saturated carbocycles. The maximum Gasteiger partial charge on any atom is 0.390 e. The van der Waals surface area contributed by atoms with E-state index in [1.807, 2.05) is 0 Å². The first-order valence-electron chi connectivity index (χ1n) is 4.98. The maximum absolute atomic E-state index is 12.0. The first-order valence-corrected chi connectivity index (χ1v) is 4.98. The largest absolute Gasteiger partial charge is 0.390 e. The third kappa shape index (κ3) is 4.81. The van der Waals surface area contributed by atoms with E-state index in [9.17, 15) is 13.2 Å². The van der Waals surface area contributed by atoms with Crippen molar-refractivity contribution in [1.29, 1.82) is 0 Å². The zero-order chi connectivity index (χ0) is 11.5. The molecule has 0 radical (unpaired) electrons. The fourth-order valence-corrected chi connectivity index (χ4v) is 1.56. The summed E-state index contributed by atoms with van der Waals surface area (Å²) < 4.78 is 41.1. The van der Waals surface area contributed by atoms with E-state index < -0.39 is 24.2 Å². The second kappa shape index (κ2) is 4.67. The Bertz CT molecular complexity index is 202. The highest BCUT2D eigenvalue weighted by atomic mass is 19.4. The predicted octanol–water partition coefficient (Wildman–Crippen LogP) is 1.03. The molecular weight excluding hydrogens is 209 g/mol. The fraction of sp³-hybridized carbons (Fsp3) is 1.00. The minimum absolute atomic E-state index is 0.365. The van der Waals surface area contributed by atoms with Gasteiger partial charge < -0.3 is 15.8 Å². The van der Waals surface area contributed by atoms with Crippen molar-refractivity contribution in [2.75, 3.05) is 19.8 Å². The molecule has 1 rings (SSSR count). The van der Waals surface area contributed by atoms with Gasteiger partial charge in [-0.3, -0.25) is 0 Å². The minimum Gasteiger partial charge on any atom is -0.379 e. The highest BCUT2D eigenvalue weighted by Gasteiger charge is 2.33. The zero-order valence-corrected chi connectivity index (χ0v) is 8.73. The van der Waals surface area contributed by atoms with Gasteiger partial charge >= 0.3 is 6.18 Å². The Hall–Kier alpha value is -0.330. The van der Waals surface area contributed by atoms with E-state index in [1.54, 1.807) is 0 Å². The quantitative estimate of drug-likeness (QED) is 0.752. The molecule has 2 unspecified atom stereocenters. The molecule has 1 saturated heterocycles. The van der Waals surface area contributed by atoms with E-state index in [0.29, 0.717) is 26.2 Å². The Labute approximate surface area is 87.2 Å². The molecule has 0 aromatic rings. The van der Waals surface area contributed by atoms with E-state index in [0.717, 1.165) is 0 Å². The molecule has 3 nitrogen and oxygen atoms in total. The van der Waals surface area contributed by atoms with Crippen LogP contribution in [0.15, 0.2) is 0 Å². The van der Waals surface area contributed by atoms with Gasteiger partial charge in [-0.2, -0.15) is 13.2 Å². The highest BCUT2D eigenvalue weighted by molar-refractivity contribution is 4.90. The lowest BCUT2D eigenvalue weighted by atomic mass is 10.00. The van der Waals surface area contributed by atoms with Crippen molar-refractivity contribution < 1.29 is 17.9 Å². The number of hydrogen-bond acceptors (Lipinski definition) is 3. The summed E-state index contributed by atoms with van der Waals surface area (Å²) >= 11 is 0. The number of hydrogen-bond donors (Lipinski definition) is 2. The summed E-state index contributed by atoms with van der Waals surface area (Å²) in [6, 6.07) is -0.606. The van der Waals surface area contributed by atoms with Crippen molar-refractivity contribution >= 4 is 0 Å². The molecule has 1 fully saturated rings. The Balaban J connectivity index is 2.24. The summed E-state index contributed by atoms with van der Waals surface area (Å²) in [5.74, 6) is 0. The summed E-state index contributed by atoms with van der Waals surface area (Å²) in [4.78, 5) is 0. The van der Waals surface area contributed by atoms with Crippen LogP contribution in [-0.4, -0.2) is 37.5 Å². The molecule has 1 heterocycles. The molecule has 2 atom stereocenters. The number of halogens is 3. The van der Waals surface area contributed by atoms with Crippen molar-refractivity contribution in [1.82, 2.24) is 5.32 Å². The minimum atomic E-state index is -4.12. The Kier molecular flexibility index (Phi) is 3.97. The smallest absolute Gasteiger partial charge is 0.379 e. The van der Waals surface area contributed by atoms with Gasteiger partial charge in [0.25, 0.3) is 0 Å². The average molecular weight is 226 g/mol. The van der Waals surface area contributed by atoms with Crippen LogP contribution >= 0.6 is 0 Å². The topological polar surface area (TPSA) is 47.3 Å². The van der Waals surface area contributed by atoms with Crippen molar-refractivity contribution in [3.8, 4) is 0 Å². The Morgan fingerprint density at radius 1 is 1.53 bits per heavy atom. The molecule has 1 aliphatic heterocycles. The average Bonchev–Trinajstić information content (AvgIpc) is 2.47. The Morgan fingerprint density at radius 3 is 2.67 bits per heavy atom. The lowest BCUT2D eigenvalue weighted by molar-refractivity contribution is -0.139. The SMILES string of the molecule is CC(CC(F)(F)F)NCC1(N)CCOC1. The van der Waals surface area contributed by atoms with Gasteiger partial charge in [-0.15, -0.1) is 0 Å². The zero-order valence-electron chi connectivity index (χ0n) is 8.73. The fourth-order valence-electron chi connectivity index (χ4n) is 1.56. The van der Waals surface area contributed by atoms with E-state index >= 15 is 0 Å². The van der Waals surface area contributed by atoms with Gasteiger partial charge in [0.2, 0.25) is 0 Å². The van der Waals surface area contributed by atoms with E-state index in [2.05, 4.69) is 5.32 Å². The lowest BCUT2D eigenvalue weighted by Gasteiger charge is -2.25. The van der Waals surface area contributed by atoms with Crippen molar-refractivity contribution in [3.63, 3.8) is 0 Å². The first kappa shape index (κ1) is 12.7. The summed E-state index contributed by atoms with van der Waals surface area (Å²) in [6.07, 6.45) is -4.26. The number of rotatable bonds is 4. The predicted molar refractivity (Wildman–Crippen MR) is 50.5 cm³/mol. The normalized spacial score (nSPS) is 29.4. The first-order chi connectivity index (χ1) is 6.81. The van der Waals surface area contributed by atoms with E-state index in [1.165, 1.54) is 6.92 Å². The lowest BCUT2D eigenvalue weighted by Crippen LogP contribution is -2.51. The van der Waals surface area contributed by atoms with Crippen LogP contribution in [0.1, 0.15) is 19.8 Å². The van der Waals surface area contributed by atoms with Crippen LogP contribution < -0.4 is 11.1 Å². The van der Waals surface area contributed by atoms with Crippen LogP contribution in [-0.2, 0) is 4.74 Å². The second-order valence-electron chi connectivity index (χ2n) is 4.27. The molecular formula is C9H17F3N2O. The molecule has 6 heteroatoms. The van der Waals surface area contributed by atoms with Crippen LogP contribution in [0.5, 0.6) is 0 Å². The molecule has 0 spiro atoms. The van der Waals surface area contributed by atoms with Gasteiger partial charge in [0, 0.05) is 19.2 Å². The molecule has 0 bridgehead atoms. The van der Waals surface area contributed by atoms with Gasteiger partial charge in [-0.25, -0.2) is 0 Å². The van der Waals surface area contributed by atoms with Crippen LogP contribution in [0.3, 0.4) is 0 Å². The molecule has 0 aromatic carbocycles. The van der Waals surface area contributed by atoms with Gasteiger partial charge in [0.05, 0.1) is 18.6 Å². The van der Waals surface area contributed by atoms with Crippen molar-refractivity contribution in [2.24, 2.45) is 5.73 Å². The van der Waals surface area contributed by atoms with E-state index in [-0.39, 0.29) is 0 Å². The highest BCUT2D eigenvalue weighted by Crippen LogP contribution is 2.22. The summed E-state index contributed by atoms with van der Waals surface area (Å²) in [5.41, 5.74) is 5.40. The third-order valence-corrected chi connectivity index (χ3v) is 2.47. The number of ether oxygens (including phenoxy) is 1. The summed E-state index contributed by atoms with van der Waals surface area (Å²) in [7, 11) is 0. The third-order valence-electron chi connectivity index (χ3n) is 2.47. The monoisotopic (exact) mass is 226 g/mol. The van der Waals surface area contributed by atoms with Gasteiger partial charge in [0.15, 0.2) is 0 Å². The van der Waals surface area contributed by atoms with Gasteiger partial charge in [0.1, 0.15) is 0 Å². The summed E-state index contributed by atoms with van der Waals surface area (Å²) in [5, 5.41) is 2.80. The molecule has 1 aliphatic rings. The molecule has 15 heavy (non-hydrogen) atoms. The van der Waals surface area contributed by atoms with Gasteiger partial charge in [-0.1, -0.05) is 0 Å². The number of nitrogens with two attached hydrogens (primary N) is 1. The van der Waals surface area contributed by atoms with Crippen LogP contribution in [0, 0.1) is 0 Å². The standard InChI is InChI=1S/C9H17F3N2O/c1-7(4-9(10,11)12)14-5-8(13)2-3-15-6-8/h7,14H,2-6,13H2,1H3. The van der Waals surface area contributed by atoms with Crippen molar-refractivity contribution in [3.05, 3.63) is 0 Å². The molecule has 3 N–H and O–H groups in total. The molecule has 0 amide bonds. The molecule has 0 aromatic heterocycles. The number of nitrogens with one attached hydrogen (secondary N) is 1. The van der Waals surface area contributed by atoms with E-state index in [4.69, 9.17) is 10.5 Å². The second-order valence-corrected chi connectivity index (χ2v) is 4.27.